The van der Waals surface area contributed by atoms with Crippen molar-refractivity contribution in [1.29, 1.82) is 0 Å². The summed E-state index contributed by atoms with van der Waals surface area (Å²) in [5, 5.41) is 19.1. The SMILES string of the molecule is O=C(O)c1ccc(-c2nnc(-c3ccc(OCCCCCOc4ccccc4)cc3)s2)cc1. The van der Waals surface area contributed by atoms with E-state index in [1.54, 1.807) is 24.3 Å². The van der Waals surface area contributed by atoms with Gasteiger partial charge in [0.25, 0.3) is 0 Å². The van der Waals surface area contributed by atoms with Crippen LogP contribution in [0.1, 0.15) is 29.6 Å². The Hall–Kier alpha value is -3.71. The van der Waals surface area contributed by atoms with Gasteiger partial charge in [-0.1, -0.05) is 41.7 Å². The van der Waals surface area contributed by atoms with E-state index in [1.165, 1.54) is 11.3 Å². The zero-order chi connectivity index (χ0) is 22.9. The molecule has 0 spiro atoms. The Morgan fingerprint density at radius 1 is 0.697 bits per heavy atom. The van der Waals surface area contributed by atoms with Crippen LogP contribution in [0.3, 0.4) is 0 Å². The number of para-hydroxylation sites is 1. The maximum absolute atomic E-state index is 11.0. The average molecular weight is 461 g/mol. The van der Waals surface area contributed by atoms with Crippen molar-refractivity contribution in [2.24, 2.45) is 0 Å². The third kappa shape index (κ3) is 6.40. The first-order valence-corrected chi connectivity index (χ1v) is 11.6. The molecule has 1 heterocycles. The molecule has 0 unspecified atom stereocenters. The lowest BCUT2D eigenvalue weighted by Gasteiger charge is -2.07. The molecule has 0 atom stereocenters. The van der Waals surface area contributed by atoms with Gasteiger partial charge in [-0.15, -0.1) is 10.2 Å². The van der Waals surface area contributed by atoms with Gasteiger partial charge in [0.05, 0.1) is 18.8 Å². The second kappa shape index (κ2) is 11.2. The van der Waals surface area contributed by atoms with Crippen molar-refractivity contribution in [3.63, 3.8) is 0 Å². The maximum atomic E-state index is 11.0. The molecule has 0 amide bonds. The van der Waals surface area contributed by atoms with Crippen molar-refractivity contribution in [3.05, 3.63) is 84.4 Å². The van der Waals surface area contributed by atoms with Gasteiger partial charge in [0.2, 0.25) is 0 Å². The van der Waals surface area contributed by atoms with Crippen LogP contribution in [0.15, 0.2) is 78.9 Å². The van der Waals surface area contributed by atoms with E-state index in [4.69, 9.17) is 14.6 Å². The predicted molar refractivity (Wildman–Crippen MR) is 129 cm³/mol. The van der Waals surface area contributed by atoms with Crippen molar-refractivity contribution in [3.8, 4) is 32.6 Å². The monoisotopic (exact) mass is 460 g/mol. The standard InChI is InChI=1S/C26H24N2O4S/c29-26(30)21-11-9-19(10-12-21)24-27-28-25(33-24)20-13-15-23(16-14-20)32-18-6-2-5-17-31-22-7-3-1-4-8-22/h1,3-4,7-16H,2,5-6,17-18H2,(H,29,30). The highest BCUT2D eigenvalue weighted by atomic mass is 32.1. The molecule has 0 aliphatic heterocycles. The molecule has 3 aromatic carbocycles. The molecule has 33 heavy (non-hydrogen) atoms. The second-order valence-electron chi connectivity index (χ2n) is 7.39. The van der Waals surface area contributed by atoms with E-state index < -0.39 is 5.97 Å². The Balaban J connectivity index is 1.21. The Labute approximate surface area is 196 Å². The average Bonchev–Trinajstić information content (AvgIpc) is 3.35. The zero-order valence-corrected chi connectivity index (χ0v) is 18.8. The molecule has 4 rings (SSSR count). The summed E-state index contributed by atoms with van der Waals surface area (Å²) >= 11 is 1.46. The molecule has 0 aliphatic rings. The molecule has 0 aliphatic carbocycles. The highest BCUT2D eigenvalue weighted by Gasteiger charge is 2.10. The lowest BCUT2D eigenvalue weighted by molar-refractivity contribution is 0.0697. The lowest BCUT2D eigenvalue weighted by Crippen LogP contribution is -2.00. The van der Waals surface area contributed by atoms with Crippen molar-refractivity contribution < 1.29 is 19.4 Å². The molecule has 0 saturated heterocycles. The molecule has 1 aromatic heterocycles. The smallest absolute Gasteiger partial charge is 0.335 e. The minimum absolute atomic E-state index is 0.250. The fourth-order valence-electron chi connectivity index (χ4n) is 3.18. The number of unbranched alkanes of at least 4 members (excludes halogenated alkanes) is 2. The number of ether oxygens (including phenoxy) is 2. The third-order valence-corrected chi connectivity index (χ3v) is 6.00. The largest absolute Gasteiger partial charge is 0.494 e. The van der Waals surface area contributed by atoms with Crippen LogP contribution in [-0.2, 0) is 0 Å². The quantitative estimate of drug-likeness (QED) is 0.268. The highest BCUT2D eigenvalue weighted by molar-refractivity contribution is 7.17. The van der Waals surface area contributed by atoms with Crippen LogP contribution in [-0.4, -0.2) is 34.5 Å². The molecule has 1 N–H and O–H groups in total. The molecular weight excluding hydrogens is 436 g/mol. The minimum Gasteiger partial charge on any atom is -0.494 e. The number of hydrogen-bond donors (Lipinski definition) is 1. The summed E-state index contributed by atoms with van der Waals surface area (Å²) in [5.41, 5.74) is 2.06. The van der Waals surface area contributed by atoms with Gasteiger partial charge >= 0.3 is 5.97 Å². The topological polar surface area (TPSA) is 81.5 Å². The van der Waals surface area contributed by atoms with E-state index in [2.05, 4.69) is 10.2 Å². The summed E-state index contributed by atoms with van der Waals surface area (Å²) in [5.74, 6) is 0.791. The first-order chi connectivity index (χ1) is 16.2. The molecular formula is C26H24N2O4S. The van der Waals surface area contributed by atoms with Gasteiger partial charge in [0, 0.05) is 11.1 Å². The zero-order valence-electron chi connectivity index (χ0n) is 18.0. The van der Waals surface area contributed by atoms with E-state index in [0.717, 1.165) is 51.9 Å². The molecule has 0 bridgehead atoms. The molecule has 0 saturated carbocycles. The van der Waals surface area contributed by atoms with Crippen LogP contribution in [0.5, 0.6) is 11.5 Å². The summed E-state index contributed by atoms with van der Waals surface area (Å²) in [6.07, 6.45) is 3.02. The Morgan fingerprint density at radius 2 is 1.21 bits per heavy atom. The third-order valence-electron chi connectivity index (χ3n) is 4.97. The number of rotatable bonds is 11. The van der Waals surface area contributed by atoms with Crippen LogP contribution in [0, 0.1) is 0 Å². The summed E-state index contributed by atoms with van der Waals surface area (Å²) in [7, 11) is 0. The van der Waals surface area contributed by atoms with Gasteiger partial charge in [-0.2, -0.15) is 0 Å². The van der Waals surface area contributed by atoms with Gasteiger partial charge in [-0.25, -0.2) is 4.79 Å². The fourth-order valence-corrected chi connectivity index (χ4v) is 4.04. The molecule has 0 radical (unpaired) electrons. The lowest BCUT2D eigenvalue weighted by atomic mass is 10.1. The van der Waals surface area contributed by atoms with E-state index in [9.17, 15) is 4.79 Å². The number of carbonyl (C=O) groups is 1. The van der Waals surface area contributed by atoms with Gasteiger partial charge < -0.3 is 14.6 Å². The number of aromatic nitrogens is 2. The molecule has 4 aromatic rings. The maximum Gasteiger partial charge on any atom is 0.335 e. The van der Waals surface area contributed by atoms with Crippen molar-refractivity contribution in [1.82, 2.24) is 10.2 Å². The van der Waals surface area contributed by atoms with Crippen LogP contribution >= 0.6 is 11.3 Å². The summed E-state index contributed by atoms with van der Waals surface area (Å²) in [6.45, 7) is 1.38. The highest BCUT2D eigenvalue weighted by Crippen LogP contribution is 2.31. The van der Waals surface area contributed by atoms with Crippen LogP contribution in [0.2, 0.25) is 0 Å². The molecule has 0 fully saturated rings. The normalized spacial score (nSPS) is 10.7. The van der Waals surface area contributed by atoms with Crippen molar-refractivity contribution in [2.75, 3.05) is 13.2 Å². The van der Waals surface area contributed by atoms with Gasteiger partial charge in [0.15, 0.2) is 0 Å². The Kier molecular flexibility index (Phi) is 7.66. The van der Waals surface area contributed by atoms with Gasteiger partial charge in [-0.3, -0.25) is 0 Å². The van der Waals surface area contributed by atoms with E-state index in [-0.39, 0.29) is 5.56 Å². The van der Waals surface area contributed by atoms with Crippen molar-refractivity contribution in [2.45, 2.75) is 19.3 Å². The predicted octanol–water partition coefficient (Wildman–Crippen LogP) is 6.20. The number of benzene rings is 3. The van der Waals surface area contributed by atoms with Crippen LogP contribution in [0.25, 0.3) is 21.1 Å². The van der Waals surface area contributed by atoms with Crippen LogP contribution < -0.4 is 9.47 Å². The molecule has 6 nitrogen and oxygen atoms in total. The first kappa shape index (κ1) is 22.5. The van der Waals surface area contributed by atoms with Crippen LogP contribution in [0.4, 0.5) is 0 Å². The van der Waals surface area contributed by atoms with E-state index in [1.807, 2.05) is 54.6 Å². The second-order valence-corrected chi connectivity index (χ2v) is 8.37. The number of aromatic carboxylic acids is 1. The van der Waals surface area contributed by atoms with E-state index in [0.29, 0.717) is 13.2 Å². The van der Waals surface area contributed by atoms with Gasteiger partial charge in [0.1, 0.15) is 21.5 Å². The summed E-state index contributed by atoms with van der Waals surface area (Å²) in [6, 6.07) is 24.3. The Morgan fingerprint density at radius 3 is 1.76 bits per heavy atom. The number of carboxylic acids is 1. The summed E-state index contributed by atoms with van der Waals surface area (Å²) in [4.78, 5) is 11.0. The van der Waals surface area contributed by atoms with E-state index >= 15 is 0 Å². The van der Waals surface area contributed by atoms with Gasteiger partial charge in [-0.05, 0) is 67.8 Å². The number of carboxylic acid groups (broad SMARTS) is 1. The molecule has 7 heteroatoms. The fraction of sp³-hybridized carbons (Fsp3) is 0.192. The number of nitrogens with zero attached hydrogens (tertiary/aromatic N) is 2. The minimum atomic E-state index is -0.945. The van der Waals surface area contributed by atoms with Crippen molar-refractivity contribution >= 4 is 17.3 Å². The first-order valence-electron chi connectivity index (χ1n) is 10.8. The Bertz CT molecular complexity index is 1160. The molecule has 168 valence electrons. The number of hydrogen-bond acceptors (Lipinski definition) is 6. The summed E-state index contributed by atoms with van der Waals surface area (Å²) < 4.78 is 11.5.